The highest BCUT2D eigenvalue weighted by atomic mass is 32.2. The SMILES string of the molecule is CC1CC1CNS(=O)(=O)C(C)C. The Bertz CT molecular complexity index is 246. The second-order valence-electron chi connectivity index (χ2n) is 3.92. The van der Waals surface area contributed by atoms with Crippen LogP contribution >= 0.6 is 0 Å². The molecule has 1 aliphatic carbocycles. The van der Waals surface area contributed by atoms with E-state index in [2.05, 4.69) is 11.6 Å². The van der Waals surface area contributed by atoms with E-state index in [9.17, 15) is 8.42 Å². The van der Waals surface area contributed by atoms with Crippen LogP contribution in [0, 0.1) is 11.8 Å². The van der Waals surface area contributed by atoms with Crippen LogP contribution in [0.1, 0.15) is 27.2 Å². The van der Waals surface area contributed by atoms with Gasteiger partial charge in [0.2, 0.25) is 10.0 Å². The average molecular weight is 191 g/mol. The summed E-state index contributed by atoms with van der Waals surface area (Å²) in [5.74, 6) is 1.29. The van der Waals surface area contributed by atoms with Crippen LogP contribution in [0.15, 0.2) is 0 Å². The molecule has 0 bridgehead atoms. The van der Waals surface area contributed by atoms with Gasteiger partial charge in [-0.3, -0.25) is 0 Å². The summed E-state index contributed by atoms with van der Waals surface area (Å²) in [5, 5.41) is -0.313. The number of hydrogen-bond donors (Lipinski definition) is 1. The zero-order chi connectivity index (χ0) is 9.35. The molecule has 0 saturated heterocycles. The maximum absolute atomic E-state index is 11.3. The van der Waals surface area contributed by atoms with Gasteiger partial charge in [-0.15, -0.1) is 0 Å². The van der Waals surface area contributed by atoms with Crippen molar-refractivity contribution in [3.63, 3.8) is 0 Å². The van der Waals surface area contributed by atoms with Gasteiger partial charge >= 0.3 is 0 Å². The van der Waals surface area contributed by atoms with Gasteiger partial charge in [0.25, 0.3) is 0 Å². The minimum Gasteiger partial charge on any atom is -0.215 e. The molecule has 0 radical (unpaired) electrons. The van der Waals surface area contributed by atoms with Crippen LogP contribution in [0.4, 0.5) is 0 Å². The number of hydrogen-bond acceptors (Lipinski definition) is 2. The van der Waals surface area contributed by atoms with Gasteiger partial charge in [-0.25, -0.2) is 13.1 Å². The van der Waals surface area contributed by atoms with E-state index in [0.29, 0.717) is 18.4 Å². The van der Waals surface area contributed by atoms with Crippen molar-refractivity contribution in [3.05, 3.63) is 0 Å². The maximum Gasteiger partial charge on any atom is 0.213 e. The fourth-order valence-corrected chi connectivity index (χ4v) is 1.85. The molecule has 0 aromatic carbocycles. The molecule has 12 heavy (non-hydrogen) atoms. The van der Waals surface area contributed by atoms with Crippen molar-refractivity contribution >= 4 is 10.0 Å². The highest BCUT2D eigenvalue weighted by molar-refractivity contribution is 7.90. The summed E-state index contributed by atoms with van der Waals surface area (Å²) in [6, 6.07) is 0. The van der Waals surface area contributed by atoms with Crippen LogP contribution in [-0.2, 0) is 10.0 Å². The van der Waals surface area contributed by atoms with Gasteiger partial charge in [-0.05, 0) is 32.1 Å². The molecule has 0 aromatic rings. The van der Waals surface area contributed by atoms with Crippen molar-refractivity contribution in [1.29, 1.82) is 0 Å². The van der Waals surface area contributed by atoms with E-state index in [0.717, 1.165) is 0 Å². The summed E-state index contributed by atoms with van der Waals surface area (Å²) in [7, 11) is -3.03. The second-order valence-corrected chi connectivity index (χ2v) is 6.24. The van der Waals surface area contributed by atoms with E-state index in [1.54, 1.807) is 13.8 Å². The van der Waals surface area contributed by atoms with E-state index in [-0.39, 0.29) is 5.25 Å². The van der Waals surface area contributed by atoms with Gasteiger partial charge in [-0.2, -0.15) is 0 Å². The predicted molar refractivity (Wildman–Crippen MR) is 49.3 cm³/mol. The first kappa shape index (κ1) is 9.99. The molecular formula is C8H17NO2S. The van der Waals surface area contributed by atoms with E-state index in [4.69, 9.17) is 0 Å². The molecule has 0 heterocycles. The lowest BCUT2D eigenvalue weighted by molar-refractivity contribution is 0.566. The van der Waals surface area contributed by atoms with Crippen molar-refractivity contribution in [2.24, 2.45) is 11.8 Å². The summed E-state index contributed by atoms with van der Waals surface area (Å²) < 4.78 is 25.1. The second kappa shape index (κ2) is 3.34. The molecule has 2 atom stereocenters. The summed E-state index contributed by atoms with van der Waals surface area (Å²) in [5.41, 5.74) is 0. The first-order valence-electron chi connectivity index (χ1n) is 4.42. The smallest absolute Gasteiger partial charge is 0.213 e. The number of sulfonamides is 1. The first-order chi connectivity index (χ1) is 5.43. The number of nitrogens with one attached hydrogen (secondary N) is 1. The first-order valence-corrected chi connectivity index (χ1v) is 5.96. The van der Waals surface area contributed by atoms with Gasteiger partial charge in [0.1, 0.15) is 0 Å². The quantitative estimate of drug-likeness (QED) is 0.719. The Morgan fingerprint density at radius 1 is 1.50 bits per heavy atom. The Morgan fingerprint density at radius 2 is 2.00 bits per heavy atom. The van der Waals surface area contributed by atoms with E-state index in [1.807, 2.05) is 0 Å². The van der Waals surface area contributed by atoms with Gasteiger partial charge in [0.15, 0.2) is 0 Å². The average Bonchev–Trinajstić information content (AvgIpc) is 2.62. The molecule has 2 unspecified atom stereocenters. The molecule has 3 nitrogen and oxygen atoms in total. The molecule has 0 spiro atoms. The van der Waals surface area contributed by atoms with Gasteiger partial charge < -0.3 is 0 Å². The van der Waals surface area contributed by atoms with Crippen LogP contribution < -0.4 is 4.72 Å². The normalized spacial score (nSPS) is 29.3. The van der Waals surface area contributed by atoms with Crippen LogP contribution in [-0.4, -0.2) is 20.2 Å². The van der Waals surface area contributed by atoms with Crippen LogP contribution in [0.5, 0.6) is 0 Å². The Labute approximate surface area is 74.6 Å². The summed E-state index contributed by atoms with van der Waals surface area (Å²) in [4.78, 5) is 0. The third-order valence-corrected chi connectivity index (χ3v) is 4.25. The summed E-state index contributed by atoms with van der Waals surface area (Å²) in [6.45, 7) is 6.16. The molecule has 1 saturated carbocycles. The lowest BCUT2D eigenvalue weighted by Crippen LogP contribution is -2.32. The van der Waals surface area contributed by atoms with Crippen LogP contribution in [0.3, 0.4) is 0 Å². The van der Waals surface area contributed by atoms with Crippen molar-refractivity contribution in [1.82, 2.24) is 4.72 Å². The lowest BCUT2D eigenvalue weighted by atomic mass is 10.3. The Balaban J connectivity index is 2.31. The van der Waals surface area contributed by atoms with Crippen molar-refractivity contribution in [2.75, 3.05) is 6.54 Å². The Hall–Kier alpha value is -0.0900. The molecule has 1 rings (SSSR count). The summed E-state index contributed by atoms with van der Waals surface area (Å²) >= 11 is 0. The molecule has 1 aliphatic rings. The molecule has 72 valence electrons. The molecule has 0 amide bonds. The predicted octanol–water partition coefficient (Wildman–Crippen LogP) is 0.970. The monoisotopic (exact) mass is 191 g/mol. The third-order valence-electron chi connectivity index (χ3n) is 2.44. The lowest BCUT2D eigenvalue weighted by Gasteiger charge is -2.08. The fourth-order valence-electron chi connectivity index (χ4n) is 1.07. The molecule has 0 aliphatic heterocycles. The Morgan fingerprint density at radius 3 is 2.33 bits per heavy atom. The largest absolute Gasteiger partial charge is 0.215 e. The minimum atomic E-state index is -3.03. The highest BCUT2D eigenvalue weighted by Gasteiger charge is 2.33. The molecule has 4 heteroatoms. The van der Waals surface area contributed by atoms with E-state index >= 15 is 0 Å². The fraction of sp³-hybridized carbons (Fsp3) is 1.00. The molecular weight excluding hydrogens is 174 g/mol. The van der Waals surface area contributed by atoms with Crippen molar-refractivity contribution < 1.29 is 8.42 Å². The van der Waals surface area contributed by atoms with Crippen LogP contribution in [0.25, 0.3) is 0 Å². The zero-order valence-corrected chi connectivity index (χ0v) is 8.69. The van der Waals surface area contributed by atoms with Gasteiger partial charge in [0, 0.05) is 6.54 Å². The van der Waals surface area contributed by atoms with Gasteiger partial charge in [0.05, 0.1) is 5.25 Å². The highest BCUT2D eigenvalue weighted by Crippen LogP contribution is 2.36. The third kappa shape index (κ3) is 2.45. The summed E-state index contributed by atoms with van der Waals surface area (Å²) in [6.07, 6.45) is 1.17. The molecule has 0 aromatic heterocycles. The topological polar surface area (TPSA) is 46.2 Å². The van der Waals surface area contributed by atoms with Crippen LogP contribution in [0.2, 0.25) is 0 Å². The number of rotatable bonds is 4. The Kier molecular flexibility index (Phi) is 2.78. The van der Waals surface area contributed by atoms with Crippen molar-refractivity contribution in [2.45, 2.75) is 32.4 Å². The standard InChI is InChI=1S/C8H17NO2S/c1-6(2)12(10,11)9-5-8-4-7(8)3/h6-9H,4-5H2,1-3H3. The van der Waals surface area contributed by atoms with E-state index in [1.165, 1.54) is 6.42 Å². The minimum absolute atomic E-state index is 0.313. The molecule has 1 fully saturated rings. The van der Waals surface area contributed by atoms with Crippen molar-refractivity contribution in [3.8, 4) is 0 Å². The zero-order valence-electron chi connectivity index (χ0n) is 7.87. The van der Waals surface area contributed by atoms with Gasteiger partial charge in [-0.1, -0.05) is 6.92 Å². The molecule has 1 N–H and O–H groups in total. The van der Waals surface area contributed by atoms with E-state index < -0.39 is 10.0 Å². The maximum atomic E-state index is 11.3.